The lowest BCUT2D eigenvalue weighted by Crippen LogP contribution is -2.56. The monoisotopic (exact) mass is 473 g/mol. The van der Waals surface area contributed by atoms with Gasteiger partial charge in [-0.2, -0.15) is 0 Å². The number of carbonyl (C=O) groups is 3. The van der Waals surface area contributed by atoms with Crippen LogP contribution in [0.3, 0.4) is 0 Å². The predicted octanol–water partition coefficient (Wildman–Crippen LogP) is 1.70. The number of benzene rings is 1. The van der Waals surface area contributed by atoms with Crippen molar-refractivity contribution in [2.45, 2.75) is 70.2 Å². The Morgan fingerprint density at radius 2 is 1.94 bits per heavy atom. The van der Waals surface area contributed by atoms with E-state index in [4.69, 9.17) is 9.47 Å². The van der Waals surface area contributed by atoms with Gasteiger partial charge in [-0.25, -0.2) is 0 Å². The van der Waals surface area contributed by atoms with Gasteiger partial charge in [0.1, 0.15) is 17.4 Å². The Morgan fingerprint density at radius 1 is 1.24 bits per heavy atom. The van der Waals surface area contributed by atoms with Crippen LogP contribution in [0.5, 0.6) is 5.75 Å². The quantitative estimate of drug-likeness (QED) is 0.503. The summed E-state index contributed by atoms with van der Waals surface area (Å²) in [5, 5.41) is 15.2. The van der Waals surface area contributed by atoms with E-state index in [1.165, 1.54) is 4.90 Å². The van der Waals surface area contributed by atoms with E-state index in [-0.39, 0.29) is 36.9 Å². The molecule has 0 aromatic heterocycles. The molecule has 186 valence electrons. The number of hydrogen-bond donors (Lipinski definition) is 3. The highest BCUT2D eigenvalue weighted by Crippen LogP contribution is 2.63. The maximum absolute atomic E-state index is 13.7. The Morgan fingerprint density at radius 3 is 2.56 bits per heavy atom. The Bertz CT molecular complexity index is 950. The third kappa shape index (κ3) is 3.94. The molecule has 1 spiro atoms. The van der Waals surface area contributed by atoms with E-state index in [1.807, 2.05) is 27.7 Å². The molecule has 3 aliphatic rings. The summed E-state index contributed by atoms with van der Waals surface area (Å²) in [7, 11) is 0. The first-order chi connectivity index (χ1) is 16.2. The molecule has 3 amide bonds. The van der Waals surface area contributed by atoms with Crippen molar-refractivity contribution in [1.82, 2.24) is 10.2 Å². The minimum atomic E-state index is -1.05. The van der Waals surface area contributed by atoms with E-state index in [0.29, 0.717) is 37.3 Å². The number of hydrogen-bond acceptors (Lipinski definition) is 6. The standard InChI is InChI=1S/C25H35N3O6/c1-5-33-17-9-7-16(8-10-17)27-21(30)18-19-23(32)28(13-6-14-29)20(22(31)26-15(2)3)25(19)12-11-24(18,4)34-25/h7-10,15,18-20,29H,5-6,11-14H2,1-4H3,(H,26,31)(H,27,30)/t18-,19+,20?,24+,25?/m1/s1. The molecule has 0 saturated carbocycles. The molecule has 3 fully saturated rings. The van der Waals surface area contributed by atoms with Crippen molar-refractivity contribution in [3.8, 4) is 5.75 Å². The van der Waals surface area contributed by atoms with Gasteiger partial charge in [0.25, 0.3) is 0 Å². The third-order valence-electron chi connectivity index (χ3n) is 7.23. The van der Waals surface area contributed by atoms with Crippen LogP contribution < -0.4 is 15.4 Å². The highest BCUT2D eigenvalue weighted by Gasteiger charge is 2.77. The van der Waals surface area contributed by atoms with Gasteiger partial charge in [0.15, 0.2) is 0 Å². The molecule has 5 atom stereocenters. The van der Waals surface area contributed by atoms with Gasteiger partial charge in [-0.3, -0.25) is 14.4 Å². The van der Waals surface area contributed by atoms with Crippen LogP contribution in [-0.2, 0) is 19.1 Å². The largest absolute Gasteiger partial charge is 0.494 e. The number of likely N-dealkylation sites (tertiary alicyclic amines) is 1. The van der Waals surface area contributed by atoms with Crippen molar-refractivity contribution in [2.75, 3.05) is 25.1 Å². The van der Waals surface area contributed by atoms with E-state index in [1.54, 1.807) is 24.3 Å². The van der Waals surface area contributed by atoms with E-state index in [2.05, 4.69) is 10.6 Å². The Hall–Kier alpha value is -2.65. The average molecular weight is 474 g/mol. The molecule has 3 saturated heterocycles. The van der Waals surface area contributed by atoms with Crippen LogP contribution in [0.1, 0.15) is 47.0 Å². The number of nitrogens with one attached hydrogen (secondary N) is 2. The van der Waals surface area contributed by atoms with Crippen molar-refractivity contribution >= 4 is 23.4 Å². The van der Waals surface area contributed by atoms with Crippen molar-refractivity contribution in [1.29, 1.82) is 0 Å². The van der Waals surface area contributed by atoms with E-state index in [0.717, 1.165) is 0 Å². The fourth-order valence-corrected chi connectivity index (χ4v) is 5.99. The van der Waals surface area contributed by atoms with Crippen LogP contribution in [0, 0.1) is 11.8 Å². The second-order valence-corrected chi connectivity index (χ2v) is 9.95. The molecule has 1 aromatic carbocycles. The molecule has 9 nitrogen and oxygen atoms in total. The number of aliphatic hydroxyl groups excluding tert-OH is 1. The van der Waals surface area contributed by atoms with Crippen LogP contribution in [0.15, 0.2) is 24.3 Å². The second kappa shape index (κ2) is 9.19. The summed E-state index contributed by atoms with van der Waals surface area (Å²) < 4.78 is 12.0. The summed E-state index contributed by atoms with van der Waals surface area (Å²) in [6.45, 7) is 8.18. The molecule has 34 heavy (non-hydrogen) atoms. The zero-order chi connectivity index (χ0) is 24.7. The number of rotatable bonds is 9. The molecular formula is C25H35N3O6. The lowest BCUT2D eigenvalue weighted by molar-refractivity contribution is -0.145. The molecular weight excluding hydrogens is 438 g/mol. The van der Waals surface area contributed by atoms with Gasteiger partial charge in [0.2, 0.25) is 17.7 Å². The van der Waals surface area contributed by atoms with Crippen LogP contribution in [0.2, 0.25) is 0 Å². The molecule has 2 bridgehead atoms. The van der Waals surface area contributed by atoms with Crippen molar-refractivity contribution in [3.05, 3.63) is 24.3 Å². The Balaban J connectivity index is 1.64. The molecule has 0 radical (unpaired) electrons. The van der Waals surface area contributed by atoms with E-state index >= 15 is 0 Å². The summed E-state index contributed by atoms with van der Waals surface area (Å²) in [5.41, 5.74) is -1.29. The highest BCUT2D eigenvalue weighted by molar-refractivity contribution is 6.02. The minimum absolute atomic E-state index is 0.0970. The zero-order valence-corrected chi connectivity index (χ0v) is 20.3. The fraction of sp³-hybridized carbons (Fsp3) is 0.640. The number of ether oxygens (including phenoxy) is 2. The Labute approximate surface area is 200 Å². The SMILES string of the molecule is CCOc1ccc(NC(=O)[C@H]2[C@H]3C(=O)N(CCCO)C(C(=O)NC(C)C)C34CC[C@]2(C)O4)cc1. The number of nitrogens with zero attached hydrogens (tertiary/aromatic N) is 1. The number of aliphatic hydroxyl groups is 1. The lowest BCUT2D eigenvalue weighted by atomic mass is 9.66. The lowest BCUT2D eigenvalue weighted by Gasteiger charge is -2.33. The second-order valence-electron chi connectivity index (χ2n) is 9.95. The molecule has 1 aromatic rings. The molecule has 3 heterocycles. The van der Waals surface area contributed by atoms with Gasteiger partial charge >= 0.3 is 0 Å². The normalized spacial score (nSPS) is 31.6. The smallest absolute Gasteiger partial charge is 0.246 e. The fourth-order valence-electron chi connectivity index (χ4n) is 5.99. The third-order valence-corrected chi connectivity index (χ3v) is 7.23. The maximum atomic E-state index is 13.7. The summed E-state index contributed by atoms with van der Waals surface area (Å²) in [4.78, 5) is 42.1. The molecule has 0 aliphatic carbocycles. The molecule has 2 unspecified atom stereocenters. The van der Waals surface area contributed by atoms with Gasteiger partial charge in [0.05, 0.1) is 24.0 Å². The van der Waals surface area contributed by atoms with Crippen LogP contribution in [0.25, 0.3) is 0 Å². The summed E-state index contributed by atoms with van der Waals surface area (Å²) in [5.74, 6) is -1.60. The summed E-state index contributed by atoms with van der Waals surface area (Å²) in [6, 6.07) is 6.15. The van der Waals surface area contributed by atoms with Gasteiger partial charge in [-0.15, -0.1) is 0 Å². The van der Waals surface area contributed by atoms with Gasteiger partial charge in [0, 0.05) is 24.9 Å². The number of amides is 3. The van der Waals surface area contributed by atoms with E-state index in [9.17, 15) is 19.5 Å². The number of anilines is 1. The van der Waals surface area contributed by atoms with Gasteiger partial charge in [-0.1, -0.05) is 0 Å². The topological polar surface area (TPSA) is 117 Å². The first-order valence-corrected chi connectivity index (χ1v) is 12.1. The van der Waals surface area contributed by atoms with Crippen LogP contribution in [-0.4, -0.2) is 70.8 Å². The van der Waals surface area contributed by atoms with Gasteiger partial charge in [-0.05, 0) is 71.2 Å². The van der Waals surface area contributed by atoms with Crippen molar-refractivity contribution < 1.29 is 29.0 Å². The first kappa shape index (κ1) is 24.5. The molecule has 9 heteroatoms. The first-order valence-electron chi connectivity index (χ1n) is 12.1. The average Bonchev–Trinajstić information content (AvgIpc) is 3.34. The van der Waals surface area contributed by atoms with Crippen molar-refractivity contribution in [3.63, 3.8) is 0 Å². The summed E-state index contributed by atoms with van der Waals surface area (Å²) >= 11 is 0. The summed E-state index contributed by atoms with van der Waals surface area (Å²) in [6.07, 6.45) is 1.45. The molecule has 3 N–H and O–H groups in total. The van der Waals surface area contributed by atoms with E-state index < -0.39 is 29.1 Å². The zero-order valence-electron chi connectivity index (χ0n) is 20.3. The van der Waals surface area contributed by atoms with Crippen LogP contribution in [0.4, 0.5) is 5.69 Å². The van der Waals surface area contributed by atoms with Crippen LogP contribution >= 0.6 is 0 Å². The van der Waals surface area contributed by atoms with Crippen molar-refractivity contribution in [2.24, 2.45) is 11.8 Å². The predicted molar refractivity (Wildman–Crippen MR) is 125 cm³/mol. The van der Waals surface area contributed by atoms with Gasteiger partial charge < -0.3 is 30.1 Å². The maximum Gasteiger partial charge on any atom is 0.246 e. The Kier molecular flexibility index (Phi) is 6.61. The molecule has 3 aliphatic heterocycles. The molecule has 4 rings (SSSR count). The minimum Gasteiger partial charge on any atom is -0.494 e. The number of carbonyl (C=O) groups excluding carboxylic acids is 3. The highest BCUT2D eigenvalue weighted by atomic mass is 16.5. The number of fused-ring (bicyclic) bond motifs is 1.